The minimum Gasteiger partial charge on any atom is -0.339 e. The van der Waals surface area contributed by atoms with Crippen LogP contribution in [0.25, 0.3) is 11.4 Å². The van der Waals surface area contributed by atoms with E-state index in [0.717, 1.165) is 24.0 Å². The molecule has 0 saturated carbocycles. The highest BCUT2D eigenvalue weighted by Crippen LogP contribution is 2.31. The van der Waals surface area contributed by atoms with Crippen molar-refractivity contribution in [2.24, 2.45) is 0 Å². The Labute approximate surface area is 181 Å². The van der Waals surface area contributed by atoms with E-state index < -0.39 is 10.0 Å². The average molecular weight is 446 g/mol. The molecule has 0 bridgehead atoms. The second-order valence-corrected chi connectivity index (χ2v) is 10.3. The Kier molecular flexibility index (Phi) is 5.95. The zero-order valence-corrected chi connectivity index (χ0v) is 18.5. The molecule has 1 fully saturated rings. The standard InChI is InChI=1S/C22H24ClN3O3S/c1-15(2)16-7-11-20(12-8-16)30(27,28)26-13-3-4-18(14-26)22-24-21(25-29-22)17-5-9-19(23)10-6-17/h5-12,15,18H,3-4,13-14H2,1-2H3/t18-/m0/s1. The Bertz CT molecular complexity index is 1110. The summed E-state index contributed by atoms with van der Waals surface area (Å²) in [4.78, 5) is 4.83. The van der Waals surface area contributed by atoms with Gasteiger partial charge in [-0.1, -0.05) is 42.7 Å². The van der Waals surface area contributed by atoms with Crippen LogP contribution >= 0.6 is 11.6 Å². The molecule has 0 aliphatic carbocycles. The summed E-state index contributed by atoms with van der Waals surface area (Å²) in [5.74, 6) is 1.17. The summed E-state index contributed by atoms with van der Waals surface area (Å²) >= 11 is 5.93. The fraction of sp³-hybridized carbons (Fsp3) is 0.364. The number of rotatable bonds is 5. The maximum atomic E-state index is 13.2. The quantitative estimate of drug-likeness (QED) is 0.547. The molecule has 4 rings (SSSR count). The van der Waals surface area contributed by atoms with Crippen LogP contribution < -0.4 is 0 Å². The highest BCUT2D eigenvalue weighted by molar-refractivity contribution is 7.89. The molecule has 0 amide bonds. The van der Waals surface area contributed by atoms with Gasteiger partial charge < -0.3 is 4.52 Å². The van der Waals surface area contributed by atoms with Crippen LogP contribution in [0.4, 0.5) is 0 Å². The van der Waals surface area contributed by atoms with Crippen molar-refractivity contribution < 1.29 is 12.9 Å². The van der Waals surface area contributed by atoms with Crippen molar-refractivity contribution in [2.45, 2.75) is 43.4 Å². The van der Waals surface area contributed by atoms with Gasteiger partial charge in [-0.05, 0) is 60.7 Å². The van der Waals surface area contributed by atoms with Gasteiger partial charge >= 0.3 is 0 Å². The van der Waals surface area contributed by atoms with Crippen LogP contribution in [-0.4, -0.2) is 36.0 Å². The Morgan fingerprint density at radius 2 is 1.80 bits per heavy atom. The molecule has 1 aliphatic rings. The third-order valence-electron chi connectivity index (χ3n) is 5.46. The lowest BCUT2D eigenvalue weighted by Gasteiger charge is -2.30. The van der Waals surface area contributed by atoms with Gasteiger partial charge in [0.05, 0.1) is 10.8 Å². The van der Waals surface area contributed by atoms with Crippen LogP contribution in [-0.2, 0) is 10.0 Å². The fourth-order valence-corrected chi connectivity index (χ4v) is 5.30. The number of aromatic nitrogens is 2. The number of sulfonamides is 1. The van der Waals surface area contributed by atoms with Crippen molar-refractivity contribution in [2.75, 3.05) is 13.1 Å². The Balaban J connectivity index is 1.52. The molecule has 6 nitrogen and oxygen atoms in total. The van der Waals surface area contributed by atoms with Gasteiger partial charge in [-0.2, -0.15) is 9.29 Å². The van der Waals surface area contributed by atoms with Crippen molar-refractivity contribution in [1.29, 1.82) is 0 Å². The van der Waals surface area contributed by atoms with Gasteiger partial charge in [-0.3, -0.25) is 0 Å². The van der Waals surface area contributed by atoms with Crippen molar-refractivity contribution in [1.82, 2.24) is 14.4 Å². The second kappa shape index (κ2) is 8.49. The summed E-state index contributed by atoms with van der Waals surface area (Å²) in [6.45, 7) is 4.99. The molecule has 0 unspecified atom stereocenters. The Hall–Kier alpha value is -2.22. The number of nitrogens with zero attached hydrogens (tertiary/aromatic N) is 3. The zero-order valence-electron chi connectivity index (χ0n) is 17.0. The molecule has 2 aromatic carbocycles. The molecular weight excluding hydrogens is 422 g/mol. The summed E-state index contributed by atoms with van der Waals surface area (Å²) in [6.07, 6.45) is 1.55. The first-order chi connectivity index (χ1) is 14.3. The molecular formula is C22H24ClN3O3S. The minimum atomic E-state index is -3.57. The number of hydrogen-bond acceptors (Lipinski definition) is 5. The maximum absolute atomic E-state index is 13.2. The lowest BCUT2D eigenvalue weighted by molar-refractivity contribution is 0.265. The van der Waals surface area contributed by atoms with Gasteiger partial charge in [0, 0.05) is 23.7 Å². The topological polar surface area (TPSA) is 76.3 Å². The van der Waals surface area contributed by atoms with Crippen LogP contribution in [0, 0.1) is 0 Å². The van der Waals surface area contributed by atoms with Crippen molar-refractivity contribution >= 4 is 21.6 Å². The lowest BCUT2D eigenvalue weighted by Crippen LogP contribution is -2.39. The van der Waals surface area contributed by atoms with E-state index in [4.69, 9.17) is 16.1 Å². The van der Waals surface area contributed by atoms with Crippen molar-refractivity contribution in [3.05, 3.63) is 65.0 Å². The van der Waals surface area contributed by atoms with E-state index in [-0.39, 0.29) is 5.92 Å². The minimum absolute atomic E-state index is 0.128. The van der Waals surface area contributed by atoms with Gasteiger partial charge in [0.1, 0.15) is 0 Å². The van der Waals surface area contributed by atoms with Crippen LogP contribution in [0.5, 0.6) is 0 Å². The first-order valence-electron chi connectivity index (χ1n) is 10.0. The highest BCUT2D eigenvalue weighted by atomic mass is 35.5. The highest BCUT2D eigenvalue weighted by Gasteiger charge is 2.33. The fourth-order valence-electron chi connectivity index (χ4n) is 3.65. The van der Waals surface area contributed by atoms with Crippen LogP contribution in [0.2, 0.25) is 5.02 Å². The Morgan fingerprint density at radius 3 is 2.47 bits per heavy atom. The smallest absolute Gasteiger partial charge is 0.243 e. The molecule has 1 atom stereocenters. The van der Waals surface area contributed by atoms with Crippen LogP contribution in [0.1, 0.15) is 50.0 Å². The largest absolute Gasteiger partial charge is 0.339 e. The zero-order chi connectivity index (χ0) is 21.3. The van der Waals surface area contributed by atoms with E-state index in [1.807, 2.05) is 24.3 Å². The predicted octanol–water partition coefficient (Wildman–Crippen LogP) is 5.08. The van der Waals surface area contributed by atoms with Crippen LogP contribution in [0.3, 0.4) is 0 Å². The number of halogens is 1. The van der Waals surface area contributed by atoms with Crippen molar-refractivity contribution in [3.8, 4) is 11.4 Å². The van der Waals surface area contributed by atoms with E-state index in [1.165, 1.54) is 4.31 Å². The number of piperidine rings is 1. The first kappa shape index (κ1) is 21.0. The van der Waals surface area contributed by atoms with Gasteiger partial charge in [-0.15, -0.1) is 0 Å². The summed E-state index contributed by atoms with van der Waals surface area (Å²) in [6, 6.07) is 14.4. The van der Waals surface area contributed by atoms with Crippen LogP contribution in [0.15, 0.2) is 57.9 Å². The molecule has 158 valence electrons. The second-order valence-electron chi connectivity index (χ2n) is 7.89. The van der Waals surface area contributed by atoms with E-state index in [0.29, 0.717) is 40.6 Å². The van der Waals surface area contributed by atoms with E-state index in [2.05, 4.69) is 24.0 Å². The summed E-state index contributed by atoms with van der Waals surface area (Å²) in [7, 11) is -3.57. The Morgan fingerprint density at radius 1 is 1.10 bits per heavy atom. The van der Waals surface area contributed by atoms with Gasteiger partial charge in [0.25, 0.3) is 0 Å². The molecule has 0 spiro atoms. The normalized spacial score (nSPS) is 18.1. The van der Waals surface area contributed by atoms with Gasteiger partial charge in [0.2, 0.25) is 21.7 Å². The summed E-state index contributed by atoms with van der Waals surface area (Å²) < 4.78 is 33.3. The molecule has 2 heterocycles. The third-order valence-corrected chi connectivity index (χ3v) is 7.59. The summed E-state index contributed by atoms with van der Waals surface area (Å²) in [5.41, 5.74) is 1.92. The first-order valence-corrected chi connectivity index (χ1v) is 11.9. The van der Waals surface area contributed by atoms with Crippen molar-refractivity contribution in [3.63, 3.8) is 0 Å². The molecule has 1 saturated heterocycles. The van der Waals surface area contributed by atoms with E-state index in [9.17, 15) is 8.42 Å². The molecule has 1 aliphatic heterocycles. The maximum Gasteiger partial charge on any atom is 0.243 e. The van der Waals surface area contributed by atoms with Gasteiger partial charge in [-0.25, -0.2) is 8.42 Å². The molecule has 0 N–H and O–H groups in total. The molecule has 3 aromatic rings. The van der Waals surface area contributed by atoms with E-state index in [1.54, 1.807) is 24.3 Å². The number of hydrogen-bond donors (Lipinski definition) is 0. The SMILES string of the molecule is CC(C)c1ccc(S(=O)(=O)N2CCC[C@H](c3nc(-c4ccc(Cl)cc4)no3)C2)cc1. The lowest BCUT2D eigenvalue weighted by atomic mass is 10.00. The molecule has 0 radical (unpaired) electrons. The van der Waals surface area contributed by atoms with E-state index >= 15 is 0 Å². The average Bonchev–Trinajstić information content (AvgIpc) is 3.25. The monoisotopic (exact) mass is 445 g/mol. The number of benzene rings is 2. The van der Waals surface area contributed by atoms with Gasteiger partial charge in [0.15, 0.2) is 0 Å². The summed E-state index contributed by atoms with van der Waals surface area (Å²) in [5, 5.41) is 4.70. The molecule has 8 heteroatoms. The molecule has 30 heavy (non-hydrogen) atoms. The third kappa shape index (κ3) is 4.29. The molecule has 1 aromatic heterocycles. The predicted molar refractivity (Wildman–Crippen MR) is 116 cm³/mol.